The standard InChI is InChI=1S/C14H22N6O2/c1-18-12-5-2-4-11(14(18)22)8-19(9-12)13(21)6-3-7-20-10-15-16-17-20/h10-12H,2-9H2,1H3/t11-,12+/m1/s1. The molecular weight excluding hydrogens is 284 g/mol. The van der Waals surface area contributed by atoms with Crippen molar-refractivity contribution in [1.29, 1.82) is 0 Å². The molecule has 0 saturated carbocycles. The minimum atomic E-state index is -0.0269. The summed E-state index contributed by atoms with van der Waals surface area (Å²) in [5.74, 6) is 0.306. The van der Waals surface area contributed by atoms with Crippen LogP contribution >= 0.6 is 0 Å². The summed E-state index contributed by atoms with van der Waals surface area (Å²) in [6.45, 7) is 1.88. The number of amides is 2. The van der Waals surface area contributed by atoms with Crippen molar-refractivity contribution in [2.75, 3.05) is 20.1 Å². The summed E-state index contributed by atoms with van der Waals surface area (Å²) in [5, 5.41) is 10.9. The van der Waals surface area contributed by atoms with Gasteiger partial charge in [-0.05, 0) is 29.7 Å². The fraction of sp³-hybridized carbons (Fsp3) is 0.786. The number of carbonyl (C=O) groups excluding carboxylic acids is 2. The number of hydrogen-bond acceptors (Lipinski definition) is 5. The zero-order valence-electron chi connectivity index (χ0n) is 12.9. The van der Waals surface area contributed by atoms with Crippen LogP contribution in [0.5, 0.6) is 0 Å². The van der Waals surface area contributed by atoms with Crippen LogP contribution < -0.4 is 0 Å². The van der Waals surface area contributed by atoms with E-state index in [0.717, 1.165) is 19.3 Å². The number of carbonyl (C=O) groups is 2. The molecule has 8 heteroatoms. The van der Waals surface area contributed by atoms with Crippen molar-refractivity contribution in [2.24, 2.45) is 5.92 Å². The van der Waals surface area contributed by atoms with Gasteiger partial charge in [0.2, 0.25) is 11.8 Å². The Labute approximate surface area is 129 Å². The normalized spacial score (nSPS) is 25.2. The second-order valence-electron chi connectivity index (χ2n) is 6.21. The maximum Gasteiger partial charge on any atom is 0.227 e. The molecule has 0 radical (unpaired) electrons. The molecule has 2 atom stereocenters. The zero-order valence-corrected chi connectivity index (χ0v) is 12.9. The molecule has 0 aromatic carbocycles. The van der Waals surface area contributed by atoms with Crippen molar-refractivity contribution in [3.8, 4) is 0 Å². The van der Waals surface area contributed by atoms with E-state index in [0.29, 0.717) is 32.5 Å². The molecule has 3 rings (SSSR count). The van der Waals surface area contributed by atoms with Gasteiger partial charge in [0.25, 0.3) is 0 Å². The number of aromatic nitrogens is 4. The van der Waals surface area contributed by atoms with Crippen LogP contribution in [0, 0.1) is 5.92 Å². The van der Waals surface area contributed by atoms with E-state index >= 15 is 0 Å². The summed E-state index contributed by atoms with van der Waals surface area (Å²) >= 11 is 0. The molecule has 0 unspecified atom stereocenters. The molecule has 2 fully saturated rings. The molecule has 1 aromatic heterocycles. The first-order valence-corrected chi connectivity index (χ1v) is 7.90. The number of likely N-dealkylation sites (tertiary alicyclic amines) is 1. The summed E-state index contributed by atoms with van der Waals surface area (Å²) < 4.78 is 1.63. The fourth-order valence-electron chi connectivity index (χ4n) is 3.40. The van der Waals surface area contributed by atoms with Crippen LogP contribution in [0.4, 0.5) is 0 Å². The third-order valence-corrected chi connectivity index (χ3v) is 4.73. The van der Waals surface area contributed by atoms with Crippen molar-refractivity contribution >= 4 is 11.8 Å². The van der Waals surface area contributed by atoms with Gasteiger partial charge in [0, 0.05) is 39.1 Å². The predicted octanol–water partition coefficient (Wildman–Crippen LogP) is -0.0774. The van der Waals surface area contributed by atoms with Gasteiger partial charge < -0.3 is 9.80 Å². The highest BCUT2D eigenvalue weighted by atomic mass is 16.2. The highest BCUT2D eigenvalue weighted by Crippen LogP contribution is 2.27. The lowest BCUT2D eigenvalue weighted by Crippen LogP contribution is -2.42. The Morgan fingerprint density at radius 2 is 2.23 bits per heavy atom. The second kappa shape index (κ2) is 6.41. The van der Waals surface area contributed by atoms with E-state index in [-0.39, 0.29) is 23.8 Å². The van der Waals surface area contributed by atoms with Crippen LogP contribution in [-0.2, 0) is 16.1 Å². The van der Waals surface area contributed by atoms with E-state index in [9.17, 15) is 9.59 Å². The quantitative estimate of drug-likeness (QED) is 0.777. The first-order chi connectivity index (χ1) is 10.6. The van der Waals surface area contributed by atoms with E-state index in [4.69, 9.17) is 0 Å². The maximum atomic E-state index is 12.5. The van der Waals surface area contributed by atoms with Gasteiger partial charge in [0.05, 0.1) is 5.92 Å². The molecule has 3 heterocycles. The molecule has 0 aliphatic carbocycles. The van der Waals surface area contributed by atoms with E-state index in [1.807, 2.05) is 16.8 Å². The summed E-state index contributed by atoms with van der Waals surface area (Å²) in [6.07, 6.45) is 5.69. The van der Waals surface area contributed by atoms with Crippen molar-refractivity contribution in [1.82, 2.24) is 30.0 Å². The smallest absolute Gasteiger partial charge is 0.227 e. The van der Waals surface area contributed by atoms with Gasteiger partial charge in [-0.15, -0.1) is 5.10 Å². The Bertz CT molecular complexity index is 531. The van der Waals surface area contributed by atoms with E-state index < -0.39 is 0 Å². The van der Waals surface area contributed by atoms with Gasteiger partial charge in [-0.2, -0.15) is 0 Å². The van der Waals surface area contributed by atoms with Gasteiger partial charge in [0.15, 0.2) is 0 Å². The first kappa shape index (κ1) is 14.9. The van der Waals surface area contributed by atoms with Crippen LogP contribution in [0.25, 0.3) is 0 Å². The molecule has 120 valence electrons. The molecule has 2 amide bonds. The molecule has 1 aromatic rings. The summed E-state index contributed by atoms with van der Waals surface area (Å²) in [6, 6.07) is 0.170. The minimum Gasteiger partial charge on any atom is -0.341 e. The summed E-state index contributed by atoms with van der Waals surface area (Å²) in [5.41, 5.74) is 0. The van der Waals surface area contributed by atoms with Crippen LogP contribution in [-0.4, -0.2) is 68.0 Å². The van der Waals surface area contributed by atoms with Gasteiger partial charge in [-0.1, -0.05) is 6.42 Å². The van der Waals surface area contributed by atoms with E-state index in [1.54, 1.807) is 11.0 Å². The van der Waals surface area contributed by atoms with Gasteiger partial charge in [0.1, 0.15) is 6.33 Å². The summed E-state index contributed by atoms with van der Waals surface area (Å²) in [7, 11) is 1.87. The number of fused-ring (bicyclic) bond motifs is 3. The van der Waals surface area contributed by atoms with E-state index in [2.05, 4.69) is 15.5 Å². The van der Waals surface area contributed by atoms with Crippen LogP contribution in [0.2, 0.25) is 0 Å². The fourth-order valence-corrected chi connectivity index (χ4v) is 3.40. The Balaban J connectivity index is 1.57. The van der Waals surface area contributed by atoms with Crippen molar-refractivity contribution in [3.63, 3.8) is 0 Å². The number of hydrogen-bond donors (Lipinski definition) is 0. The molecule has 0 spiro atoms. The topological polar surface area (TPSA) is 84.2 Å². The monoisotopic (exact) mass is 306 g/mol. The molecule has 0 N–H and O–H groups in total. The lowest BCUT2D eigenvalue weighted by molar-refractivity contribution is -0.134. The molecule has 2 bridgehead atoms. The maximum absolute atomic E-state index is 12.5. The highest BCUT2D eigenvalue weighted by molar-refractivity contribution is 5.82. The minimum absolute atomic E-state index is 0.0269. The summed E-state index contributed by atoms with van der Waals surface area (Å²) in [4.78, 5) is 28.5. The third-order valence-electron chi connectivity index (χ3n) is 4.73. The van der Waals surface area contributed by atoms with Crippen molar-refractivity contribution in [3.05, 3.63) is 6.33 Å². The van der Waals surface area contributed by atoms with Gasteiger partial charge in [-0.3, -0.25) is 9.59 Å². The second-order valence-corrected chi connectivity index (χ2v) is 6.21. The van der Waals surface area contributed by atoms with Crippen molar-refractivity contribution in [2.45, 2.75) is 44.7 Å². The third kappa shape index (κ3) is 3.10. The molecule has 2 saturated heterocycles. The molecule has 8 nitrogen and oxygen atoms in total. The lowest BCUT2D eigenvalue weighted by Gasteiger charge is -2.29. The number of nitrogens with zero attached hydrogens (tertiary/aromatic N) is 6. The Hall–Kier alpha value is -1.99. The molecule has 22 heavy (non-hydrogen) atoms. The van der Waals surface area contributed by atoms with E-state index in [1.165, 1.54) is 0 Å². The molecule has 2 aliphatic heterocycles. The number of rotatable bonds is 4. The Morgan fingerprint density at radius 3 is 3.00 bits per heavy atom. The Kier molecular flexibility index (Phi) is 4.35. The van der Waals surface area contributed by atoms with Gasteiger partial charge in [-0.25, -0.2) is 4.68 Å². The number of aryl methyl sites for hydroxylation is 1. The van der Waals surface area contributed by atoms with Gasteiger partial charge >= 0.3 is 0 Å². The zero-order chi connectivity index (χ0) is 15.5. The molecular formula is C14H22N6O2. The first-order valence-electron chi connectivity index (χ1n) is 7.90. The Morgan fingerprint density at radius 1 is 1.36 bits per heavy atom. The van der Waals surface area contributed by atoms with Crippen molar-refractivity contribution < 1.29 is 9.59 Å². The van der Waals surface area contributed by atoms with Crippen LogP contribution in [0.15, 0.2) is 6.33 Å². The number of likely N-dealkylation sites (N-methyl/N-ethyl adjacent to an activating group) is 1. The predicted molar refractivity (Wildman–Crippen MR) is 77.5 cm³/mol. The average molecular weight is 306 g/mol. The number of tetrazole rings is 1. The molecule has 2 aliphatic rings. The SMILES string of the molecule is CN1C(=O)[C@@H]2CCC[C@H]1CN(C(=O)CCCn1cnnn1)C2. The highest BCUT2D eigenvalue weighted by Gasteiger charge is 2.37. The van der Waals surface area contributed by atoms with Crippen LogP contribution in [0.3, 0.4) is 0 Å². The van der Waals surface area contributed by atoms with Crippen LogP contribution in [0.1, 0.15) is 32.1 Å². The lowest BCUT2D eigenvalue weighted by atomic mass is 9.99. The average Bonchev–Trinajstić information content (AvgIpc) is 2.91. The largest absolute Gasteiger partial charge is 0.341 e.